The van der Waals surface area contributed by atoms with Crippen LogP contribution in [0.4, 0.5) is 8.78 Å². The van der Waals surface area contributed by atoms with Crippen molar-refractivity contribution < 1.29 is 8.78 Å². The minimum Gasteiger partial charge on any atom is -0.326 e. The average Bonchev–Trinajstić information content (AvgIpc) is 1.79. The van der Waals surface area contributed by atoms with E-state index in [4.69, 9.17) is 11.5 Å². The van der Waals surface area contributed by atoms with E-state index in [9.17, 15) is 8.78 Å². The van der Waals surface area contributed by atoms with Crippen molar-refractivity contribution in [2.75, 3.05) is 0 Å². The van der Waals surface area contributed by atoms with E-state index in [0.717, 1.165) is 0 Å². The predicted molar refractivity (Wildman–Crippen MR) is 45.1 cm³/mol. The highest BCUT2D eigenvalue weighted by Crippen LogP contribution is 2.31. The van der Waals surface area contributed by atoms with Crippen molar-refractivity contribution in [1.82, 2.24) is 0 Å². The summed E-state index contributed by atoms with van der Waals surface area (Å²) in [5, 5.41) is 0. The molecule has 1 fully saturated rings. The van der Waals surface area contributed by atoms with Gasteiger partial charge in [0.1, 0.15) is 0 Å². The van der Waals surface area contributed by atoms with Crippen molar-refractivity contribution in [3.8, 4) is 0 Å². The smallest absolute Gasteiger partial charge is 0.249 e. The Balaban J connectivity index is 0.000001000. The lowest BCUT2D eigenvalue weighted by Gasteiger charge is -2.31. The quantitative estimate of drug-likeness (QED) is 0.654. The fourth-order valence-electron chi connectivity index (χ4n) is 1.19. The zero-order valence-electron chi connectivity index (χ0n) is 6.09. The molecule has 0 aliphatic heterocycles. The summed E-state index contributed by atoms with van der Waals surface area (Å²) in [6, 6.07) is -0.761. The van der Waals surface area contributed by atoms with Gasteiger partial charge >= 0.3 is 0 Å². The van der Waals surface area contributed by atoms with Gasteiger partial charge in [0.05, 0.1) is 0 Å². The van der Waals surface area contributed by atoms with Gasteiger partial charge in [-0.2, -0.15) is 0 Å². The van der Waals surface area contributed by atoms with E-state index < -0.39 is 12.0 Å². The summed E-state index contributed by atoms with van der Waals surface area (Å²) in [7, 11) is 0. The number of nitrogens with two attached hydrogens (primary N) is 2. The van der Waals surface area contributed by atoms with Crippen LogP contribution in [0.2, 0.25) is 0 Å². The van der Waals surface area contributed by atoms with Gasteiger partial charge < -0.3 is 11.5 Å². The number of hydrogen-bond acceptors (Lipinski definition) is 2. The Morgan fingerprint density at radius 1 is 1.18 bits per heavy atom. The van der Waals surface area contributed by atoms with Gasteiger partial charge in [0, 0.05) is 24.9 Å². The molecule has 0 aromatic rings. The maximum Gasteiger partial charge on any atom is 0.249 e. The van der Waals surface area contributed by atoms with Crippen LogP contribution in [0.5, 0.6) is 0 Å². The molecule has 0 radical (unpaired) electrons. The first kappa shape index (κ1) is 11.3. The van der Waals surface area contributed by atoms with Crippen LogP contribution < -0.4 is 11.5 Å². The SMILES string of the molecule is Br.N[C@@H]1CCC(F)(F)C[C@@H]1N. The van der Waals surface area contributed by atoms with Crippen molar-refractivity contribution in [3.63, 3.8) is 0 Å². The highest BCUT2D eigenvalue weighted by molar-refractivity contribution is 8.93. The third-order valence-corrected chi connectivity index (χ3v) is 1.93. The molecule has 0 heterocycles. The van der Waals surface area contributed by atoms with E-state index in [1.807, 2.05) is 0 Å². The van der Waals surface area contributed by atoms with Gasteiger partial charge in [-0.05, 0) is 6.42 Å². The van der Waals surface area contributed by atoms with Crippen molar-refractivity contribution in [2.45, 2.75) is 37.3 Å². The maximum atomic E-state index is 12.5. The molecule has 5 heteroatoms. The first-order chi connectivity index (χ1) is 4.51. The highest BCUT2D eigenvalue weighted by atomic mass is 79.9. The molecule has 0 bridgehead atoms. The molecule has 2 atom stereocenters. The Kier molecular flexibility index (Phi) is 3.87. The lowest BCUT2D eigenvalue weighted by molar-refractivity contribution is -0.0439. The minimum atomic E-state index is -2.57. The van der Waals surface area contributed by atoms with Gasteiger partial charge in [-0.1, -0.05) is 0 Å². The monoisotopic (exact) mass is 230 g/mol. The van der Waals surface area contributed by atoms with Gasteiger partial charge in [0.15, 0.2) is 0 Å². The highest BCUT2D eigenvalue weighted by Gasteiger charge is 2.38. The lowest BCUT2D eigenvalue weighted by atomic mass is 9.89. The lowest BCUT2D eigenvalue weighted by Crippen LogP contribution is -2.49. The van der Waals surface area contributed by atoms with Crippen LogP contribution in [0, 0.1) is 0 Å². The summed E-state index contributed by atoms with van der Waals surface area (Å²) in [5.41, 5.74) is 10.8. The summed E-state index contributed by atoms with van der Waals surface area (Å²) in [6.07, 6.45) is -0.0236. The third kappa shape index (κ3) is 3.01. The third-order valence-electron chi connectivity index (χ3n) is 1.93. The minimum absolute atomic E-state index is 0. The molecule has 1 aliphatic rings. The molecular formula is C6H13BrF2N2. The second kappa shape index (κ2) is 3.78. The molecule has 1 saturated carbocycles. The molecule has 0 amide bonds. The van der Waals surface area contributed by atoms with Crippen molar-refractivity contribution >= 4 is 17.0 Å². The van der Waals surface area contributed by atoms with E-state index in [1.165, 1.54) is 0 Å². The van der Waals surface area contributed by atoms with Crippen LogP contribution >= 0.6 is 17.0 Å². The molecule has 0 aromatic carbocycles. The summed E-state index contributed by atoms with van der Waals surface area (Å²) < 4.78 is 25.0. The number of alkyl halides is 2. The molecule has 68 valence electrons. The molecule has 0 unspecified atom stereocenters. The van der Waals surface area contributed by atoms with Gasteiger partial charge in [0.2, 0.25) is 5.92 Å². The Morgan fingerprint density at radius 3 is 2.09 bits per heavy atom. The Labute approximate surface area is 75.1 Å². The van der Waals surface area contributed by atoms with Crippen LogP contribution in [0.25, 0.3) is 0 Å². The van der Waals surface area contributed by atoms with E-state index in [1.54, 1.807) is 0 Å². The molecular weight excluding hydrogens is 218 g/mol. The molecule has 1 aliphatic carbocycles. The molecule has 0 spiro atoms. The van der Waals surface area contributed by atoms with Gasteiger partial charge in [0.25, 0.3) is 0 Å². The van der Waals surface area contributed by atoms with Gasteiger partial charge in [-0.25, -0.2) is 8.78 Å². The van der Waals surface area contributed by atoms with E-state index in [-0.39, 0.29) is 35.9 Å². The first-order valence-corrected chi connectivity index (χ1v) is 3.40. The molecule has 1 rings (SSSR count). The number of halogens is 3. The fourth-order valence-corrected chi connectivity index (χ4v) is 1.19. The topological polar surface area (TPSA) is 52.0 Å². The zero-order chi connectivity index (χ0) is 7.78. The average molecular weight is 231 g/mol. The van der Waals surface area contributed by atoms with Crippen molar-refractivity contribution in [3.05, 3.63) is 0 Å². The summed E-state index contributed by atoms with van der Waals surface area (Å²) in [6.45, 7) is 0. The second-order valence-corrected chi connectivity index (χ2v) is 2.93. The normalized spacial score (nSPS) is 36.0. The number of hydrogen-bond donors (Lipinski definition) is 2. The van der Waals surface area contributed by atoms with E-state index in [2.05, 4.69) is 0 Å². The molecule has 4 N–H and O–H groups in total. The van der Waals surface area contributed by atoms with Crippen LogP contribution in [0.1, 0.15) is 19.3 Å². The molecule has 11 heavy (non-hydrogen) atoms. The maximum absolute atomic E-state index is 12.5. The second-order valence-electron chi connectivity index (χ2n) is 2.93. The summed E-state index contributed by atoms with van der Waals surface area (Å²) >= 11 is 0. The molecule has 0 saturated heterocycles. The summed E-state index contributed by atoms with van der Waals surface area (Å²) in [4.78, 5) is 0. The first-order valence-electron chi connectivity index (χ1n) is 3.40. The largest absolute Gasteiger partial charge is 0.326 e. The van der Waals surface area contributed by atoms with Crippen LogP contribution in [0.15, 0.2) is 0 Å². The van der Waals surface area contributed by atoms with Crippen LogP contribution in [-0.4, -0.2) is 18.0 Å². The molecule has 2 nitrogen and oxygen atoms in total. The van der Waals surface area contributed by atoms with Crippen LogP contribution in [-0.2, 0) is 0 Å². The number of rotatable bonds is 0. The van der Waals surface area contributed by atoms with Gasteiger partial charge in [-0.3, -0.25) is 0 Å². The van der Waals surface area contributed by atoms with Crippen LogP contribution in [0.3, 0.4) is 0 Å². The van der Waals surface area contributed by atoms with Crippen molar-refractivity contribution in [1.29, 1.82) is 0 Å². The standard InChI is InChI=1S/C6H12F2N2.BrH/c7-6(8)2-1-4(9)5(10)3-6;/h4-5H,1-3,9-10H2;1H/t4-,5+;/m1./s1. The van der Waals surface area contributed by atoms with E-state index in [0.29, 0.717) is 6.42 Å². The Hall–Kier alpha value is 0.260. The van der Waals surface area contributed by atoms with Crippen molar-refractivity contribution in [2.24, 2.45) is 11.5 Å². The predicted octanol–water partition coefficient (Wildman–Crippen LogP) is 1.04. The fraction of sp³-hybridized carbons (Fsp3) is 1.00. The zero-order valence-corrected chi connectivity index (χ0v) is 7.81. The Bertz CT molecular complexity index is 132. The van der Waals surface area contributed by atoms with Gasteiger partial charge in [-0.15, -0.1) is 17.0 Å². The van der Waals surface area contributed by atoms with E-state index >= 15 is 0 Å². The molecule has 0 aromatic heterocycles. The summed E-state index contributed by atoms with van der Waals surface area (Å²) in [5.74, 6) is -2.57. The Morgan fingerprint density at radius 2 is 1.73 bits per heavy atom.